The van der Waals surface area contributed by atoms with Gasteiger partial charge in [0.15, 0.2) is 0 Å². The summed E-state index contributed by atoms with van der Waals surface area (Å²) in [6.07, 6.45) is 4.31. The van der Waals surface area contributed by atoms with E-state index in [4.69, 9.17) is 11.6 Å². The van der Waals surface area contributed by atoms with E-state index < -0.39 is 0 Å². The fourth-order valence-electron chi connectivity index (χ4n) is 3.16. The van der Waals surface area contributed by atoms with Gasteiger partial charge in [0.1, 0.15) is 5.82 Å². The molecule has 0 unspecified atom stereocenters. The van der Waals surface area contributed by atoms with Crippen LogP contribution in [0.2, 0.25) is 5.02 Å². The molecule has 4 nitrogen and oxygen atoms in total. The number of rotatable bonds is 3. The van der Waals surface area contributed by atoms with Gasteiger partial charge in [-0.15, -0.1) is 11.8 Å². The molecule has 0 fully saturated rings. The summed E-state index contributed by atoms with van der Waals surface area (Å²) in [5.41, 5.74) is 2.98. The Labute approximate surface area is 155 Å². The van der Waals surface area contributed by atoms with Crippen molar-refractivity contribution in [2.45, 2.75) is 17.2 Å². The Morgan fingerprint density at radius 3 is 2.76 bits per heavy atom. The number of fused-ring (bicyclic) bond motifs is 1. The molecule has 1 aromatic heterocycles. The number of hydrogen-bond donors (Lipinski definition) is 1. The first-order valence-corrected chi connectivity index (χ1v) is 9.53. The van der Waals surface area contributed by atoms with Crippen LogP contribution in [-0.4, -0.2) is 21.9 Å². The number of nitrogens with zero attached hydrogens (tertiary/aromatic N) is 2. The molecule has 25 heavy (non-hydrogen) atoms. The standard InChI is InChI=1S/C19H16ClN3OS/c1-25-15-7-5-12(6-8-15)16-10-18(24)22-19-17(16)11-21-23(19)14-4-2-3-13(20)9-14/h2-9,11,16H,10H2,1H3,(H,22,24)/t16-/m0/s1. The Morgan fingerprint density at radius 2 is 2.04 bits per heavy atom. The normalized spacial score (nSPS) is 16.4. The van der Waals surface area contributed by atoms with Gasteiger partial charge in [-0.2, -0.15) is 5.10 Å². The lowest BCUT2D eigenvalue weighted by Crippen LogP contribution is -2.24. The van der Waals surface area contributed by atoms with Gasteiger partial charge < -0.3 is 5.32 Å². The van der Waals surface area contributed by atoms with Crippen molar-refractivity contribution in [2.24, 2.45) is 0 Å². The average molecular weight is 370 g/mol. The van der Waals surface area contributed by atoms with E-state index in [1.54, 1.807) is 16.4 Å². The molecule has 0 spiro atoms. The van der Waals surface area contributed by atoms with E-state index >= 15 is 0 Å². The first-order valence-electron chi connectivity index (χ1n) is 7.93. The van der Waals surface area contributed by atoms with Gasteiger partial charge >= 0.3 is 0 Å². The highest BCUT2D eigenvalue weighted by Gasteiger charge is 2.30. The average Bonchev–Trinajstić information content (AvgIpc) is 3.05. The number of halogens is 1. The highest BCUT2D eigenvalue weighted by atomic mass is 35.5. The van der Waals surface area contributed by atoms with Crippen molar-refractivity contribution >= 4 is 35.1 Å². The van der Waals surface area contributed by atoms with Crippen LogP contribution < -0.4 is 5.32 Å². The van der Waals surface area contributed by atoms with Crippen molar-refractivity contribution in [3.05, 3.63) is 70.9 Å². The molecule has 0 aliphatic carbocycles. The Kier molecular flexibility index (Phi) is 4.27. The second-order valence-corrected chi connectivity index (χ2v) is 7.23. The molecule has 1 N–H and O–H groups in total. The maximum Gasteiger partial charge on any atom is 0.226 e. The van der Waals surface area contributed by atoms with Gasteiger partial charge in [0.25, 0.3) is 0 Å². The largest absolute Gasteiger partial charge is 0.310 e. The maximum atomic E-state index is 12.3. The first-order chi connectivity index (χ1) is 12.2. The summed E-state index contributed by atoms with van der Waals surface area (Å²) in [6, 6.07) is 15.8. The van der Waals surface area contributed by atoms with Crippen LogP contribution in [0.1, 0.15) is 23.5 Å². The molecule has 2 aromatic carbocycles. The third-order valence-electron chi connectivity index (χ3n) is 4.39. The van der Waals surface area contributed by atoms with Crippen LogP contribution in [0.25, 0.3) is 5.69 Å². The van der Waals surface area contributed by atoms with Crippen LogP contribution in [0.5, 0.6) is 0 Å². The second-order valence-electron chi connectivity index (χ2n) is 5.92. The van der Waals surface area contributed by atoms with E-state index in [-0.39, 0.29) is 11.8 Å². The molecule has 126 valence electrons. The number of benzene rings is 2. The van der Waals surface area contributed by atoms with Crippen LogP contribution in [0.15, 0.2) is 59.6 Å². The number of carbonyl (C=O) groups excluding carboxylic acids is 1. The fourth-order valence-corrected chi connectivity index (χ4v) is 3.75. The zero-order chi connectivity index (χ0) is 17.4. The summed E-state index contributed by atoms with van der Waals surface area (Å²) in [7, 11) is 0. The van der Waals surface area contributed by atoms with Gasteiger partial charge in [-0.25, -0.2) is 4.68 Å². The summed E-state index contributed by atoms with van der Waals surface area (Å²) < 4.78 is 1.74. The molecule has 0 bridgehead atoms. The van der Waals surface area contributed by atoms with Crippen molar-refractivity contribution in [1.29, 1.82) is 0 Å². The highest BCUT2D eigenvalue weighted by molar-refractivity contribution is 7.98. The Morgan fingerprint density at radius 1 is 1.24 bits per heavy atom. The molecule has 3 aromatic rings. The summed E-state index contributed by atoms with van der Waals surface area (Å²) in [5, 5.41) is 8.09. The van der Waals surface area contributed by atoms with Crippen LogP contribution in [0.4, 0.5) is 5.82 Å². The third-order valence-corrected chi connectivity index (χ3v) is 5.37. The zero-order valence-corrected chi connectivity index (χ0v) is 15.1. The second kappa shape index (κ2) is 6.58. The van der Waals surface area contributed by atoms with E-state index in [1.165, 1.54) is 4.90 Å². The number of anilines is 1. The van der Waals surface area contributed by atoms with E-state index in [9.17, 15) is 4.79 Å². The van der Waals surface area contributed by atoms with Crippen LogP contribution >= 0.6 is 23.4 Å². The summed E-state index contributed by atoms with van der Waals surface area (Å²) in [4.78, 5) is 13.5. The number of aromatic nitrogens is 2. The Bertz CT molecular complexity index is 936. The van der Waals surface area contributed by atoms with Crippen LogP contribution in [0.3, 0.4) is 0 Å². The molecule has 2 heterocycles. The van der Waals surface area contributed by atoms with E-state index in [0.717, 1.165) is 22.6 Å². The highest BCUT2D eigenvalue weighted by Crippen LogP contribution is 2.38. The topological polar surface area (TPSA) is 46.9 Å². The molecule has 6 heteroatoms. The lowest BCUT2D eigenvalue weighted by atomic mass is 9.87. The minimum Gasteiger partial charge on any atom is -0.310 e. The molecule has 0 radical (unpaired) electrons. The minimum absolute atomic E-state index is 0.00442. The van der Waals surface area contributed by atoms with Gasteiger partial charge in [-0.05, 0) is 42.2 Å². The molecule has 0 saturated heterocycles. The number of carbonyl (C=O) groups is 1. The SMILES string of the molecule is CSc1ccc([C@@H]2CC(=O)Nc3c2cnn3-c2cccc(Cl)c2)cc1. The molecule has 1 aliphatic rings. The molecule has 1 atom stereocenters. The van der Waals surface area contributed by atoms with Crippen molar-refractivity contribution in [3.63, 3.8) is 0 Å². The predicted octanol–water partition coefficient (Wildman–Crippen LogP) is 4.72. The van der Waals surface area contributed by atoms with Crippen molar-refractivity contribution in [1.82, 2.24) is 9.78 Å². The van der Waals surface area contributed by atoms with Crippen molar-refractivity contribution in [2.75, 3.05) is 11.6 Å². The van der Waals surface area contributed by atoms with E-state index in [1.807, 2.05) is 30.5 Å². The zero-order valence-electron chi connectivity index (χ0n) is 13.6. The molecular formula is C19H16ClN3OS. The number of thioether (sulfide) groups is 1. The van der Waals surface area contributed by atoms with Crippen molar-refractivity contribution < 1.29 is 4.79 Å². The van der Waals surface area contributed by atoms with Gasteiger partial charge in [-0.3, -0.25) is 4.79 Å². The van der Waals surface area contributed by atoms with Gasteiger partial charge in [0, 0.05) is 27.8 Å². The molecule has 4 rings (SSSR count). The summed E-state index contributed by atoms with van der Waals surface area (Å²) in [6.45, 7) is 0. The van der Waals surface area contributed by atoms with Crippen LogP contribution in [-0.2, 0) is 4.79 Å². The molecular weight excluding hydrogens is 354 g/mol. The number of nitrogens with one attached hydrogen (secondary N) is 1. The monoisotopic (exact) mass is 369 g/mol. The Hall–Kier alpha value is -2.24. The Balaban J connectivity index is 1.78. The molecule has 0 saturated carbocycles. The van der Waals surface area contributed by atoms with Crippen molar-refractivity contribution in [3.8, 4) is 5.69 Å². The van der Waals surface area contributed by atoms with E-state index in [0.29, 0.717) is 11.4 Å². The smallest absolute Gasteiger partial charge is 0.226 e. The predicted molar refractivity (Wildman–Crippen MR) is 102 cm³/mol. The van der Waals surface area contributed by atoms with Gasteiger partial charge in [0.2, 0.25) is 5.91 Å². The fraction of sp³-hybridized carbons (Fsp3) is 0.158. The minimum atomic E-state index is -0.00442. The molecule has 1 amide bonds. The summed E-state index contributed by atoms with van der Waals surface area (Å²) in [5.74, 6) is 0.722. The summed E-state index contributed by atoms with van der Waals surface area (Å²) >= 11 is 7.80. The third kappa shape index (κ3) is 3.05. The first kappa shape index (κ1) is 16.2. The quantitative estimate of drug-likeness (QED) is 0.679. The number of hydrogen-bond acceptors (Lipinski definition) is 3. The lowest BCUT2D eigenvalue weighted by Gasteiger charge is -2.24. The van der Waals surface area contributed by atoms with E-state index in [2.05, 4.69) is 40.9 Å². The maximum absolute atomic E-state index is 12.3. The lowest BCUT2D eigenvalue weighted by molar-refractivity contribution is -0.116. The van der Waals surface area contributed by atoms with Gasteiger partial charge in [0.05, 0.1) is 11.9 Å². The van der Waals surface area contributed by atoms with Crippen LogP contribution in [0, 0.1) is 0 Å². The number of amides is 1. The van der Waals surface area contributed by atoms with Gasteiger partial charge in [-0.1, -0.05) is 29.8 Å². The molecule has 1 aliphatic heterocycles.